The van der Waals surface area contributed by atoms with Gasteiger partial charge in [-0.15, -0.1) is 4.98 Å². The Hall–Kier alpha value is -1.45. The number of hydrogen-bond donors (Lipinski definition) is 1. The molecule has 1 aliphatic heterocycles. The Balaban J connectivity index is 2.54. The number of nitrogens with two attached hydrogens (primary N) is 1. The van der Waals surface area contributed by atoms with Crippen molar-refractivity contribution in [3.63, 3.8) is 0 Å². The number of hydrogen-bond acceptors (Lipinski definition) is 3. The molecule has 4 nitrogen and oxygen atoms in total. The van der Waals surface area contributed by atoms with Crippen LogP contribution in [0, 0.1) is 5.41 Å². The first-order valence-corrected chi connectivity index (χ1v) is 5.09. The van der Waals surface area contributed by atoms with E-state index in [9.17, 15) is 0 Å². The van der Waals surface area contributed by atoms with Gasteiger partial charge in [-0.3, -0.25) is 4.99 Å². The van der Waals surface area contributed by atoms with Gasteiger partial charge in [-0.25, -0.2) is 4.57 Å². The van der Waals surface area contributed by atoms with E-state index in [0.29, 0.717) is 5.82 Å². The summed E-state index contributed by atoms with van der Waals surface area (Å²) in [4.78, 5) is 8.80. The molecule has 15 heavy (non-hydrogen) atoms. The number of aliphatic imine (C=N–C) groups is 1. The lowest BCUT2D eigenvalue weighted by Crippen LogP contribution is -2.33. The summed E-state index contributed by atoms with van der Waals surface area (Å²) in [5, 5.41) is 0. The maximum absolute atomic E-state index is 5.95. The van der Waals surface area contributed by atoms with Crippen molar-refractivity contribution >= 4 is 17.7 Å². The second-order valence-electron chi connectivity index (χ2n) is 5.10. The van der Waals surface area contributed by atoms with Crippen molar-refractivity contribution in [3.05, 3.63) is 12.0 Å². The smallest absolute Gasteiger partial charge is 0.248 e. The minimum atomic E-state index is 0.133. The molecule has 1 aliphatic rings. The molecule has 0 spiro atoms. The Morgan fingerprint density at radius 3 is 2.67 bits per heavy atom. The van der Waals surface area contributed by atoms with Crippen LogP contribution < -0.4 is 10.3 Å². The number of rotatable bonds is 0. The van der Waals surface area contributed by atoms with E-state index in [4.69, 9.17) is 5.73 Å². The standard InChI is InChI=1S/C11H16N4/c1-11(2,3)7-5-13-9-8(7)14-6-15(4)10(9)12/h5-7,12H,1-4H3/p+1. The highest BCUT2D eigenvalue weighted by Gasteiger charge is 2.35. The molecular formula is C11H17N4+. The lowest BCUT2D eigenvalue weighted by atomic mass is 9.80. The normalized spacial score (nSPS) is 19.3. The summed E-state index contributed by atoms with van der Waals surface area (Å²) in [5.41, 5.74) is 7.91. The lowest BCUT2D eigenvalue weighted by molar-refractivity contribution is -0.659. The van der Waals surface area contributed by atoms with E-state index >= 15 is 0 Å². The van der Waals surface area contributed by atoms with Gasteiger partial charge in [-0.05, 0) is 5.41 Å². The minimum Gasteiger partial charge on any atom is -0.317 e. The third-order valence-electron chi connectivity index (χ3n) is 2.82. The summed E-state index contributed by atoms with van der Waals surface area (Å²) in [7, 11) is 1.88. The number of anilines is 1. The SMILES string of the molecule is C[n+]1cnc2c(c1N)N=CC2C(C)(C)C. The molecule has 80 valence electrons. The maximum atomic E-state index is 5.95. The zero-order chi connectivity index (χ0) is 11.2. The Kier molecular flexibility index (Phi) is 2.03. The topological polar surface area (TPSA) is 55.1 Å². The fourth-order valence-corrected chi connectivity index (χ4v) is 1.78. The molecule has 0 aliphatic carbocycles. The molecule has 0 aromatic carbocycles. The fraction of sp³-hybridized carbons (Fsp3) is 0.545. The number of aryl methyl sites for hydroxylation is 1. The van der Waals surface area contributed by atoms with Crippen LogP contribution in [0.2, 0.25) is 0 Å². The van der Waals surface area contributed by atoms with Crippen molar-refractivity contribution in [2.24, 2.45) is 17.5 Å². The van der Waals surface area contributed by atoms with Gasteiger partial charge in [-0.1, -0.05) is 20.8 Å². The van der Waals surface area contributed by atoms with Gasteiger partial charge >= 0.3 is 0 Å². The highest BCUT2D eigenvalue weighted by Crippen LogP contribution is 2.42. The average Bonchev–Trinajstić information content (AvgIpc) is 2.54. The van der Waals surface area contributed by atoms with Crippen molar-refractivity contribution in [1.82, 2.24) is 4.98 Å². The molecule has 0 radical (unpaired) electrons. The summed E-state index contributed by atoms with van der Waals surface area (Å²) >= 11 is 0. The van der Waals surface area contributed by atoms with Gasteiger partial charge in [0.15, 0.2) is 11.4 Å². The molecule has 2 N–H and O–H groups in total. The zero-order valence-electron chi connectivity index (χ0n) is 9.65. The summed E-state index contributed by atoms with van der Waals surface area (Å²) in [6.45, 7) is 6.55. The van der Waals surface area contributed by atoms with Crippen LogP contribution in [0.25, 0.3) is 0 Å². The Morgan fingerprint density at radius 1 is 1.40 bits per heavy atom. The van der Waals surface area contributed by atoms with Crippen molar-refractivity contribution in [1.29, 1.82) is 0 Å². The van der Waals surface area contributed by atoms with Crippen LogP contribution in [-0.4, -0.2) is 11.2 Å². The van der Waals surface area contributed by atoms with Gasteiger partial charge in [0.25, 0.3) is 0 Å². The van der Waals surface area contributed by atoms with Gasteiger partial charge in [0.1, 0.15) is 0 Å². The van der Waals surface area contributed by atoms with Gasteiger partial charge < -0.3 is 5.73 Å². The van der Waals surface area contributed by atoms with Crippen LogP contribution in [0.3, 0.4) is 0 Å². The van der Waals surface area contributed by atoms with Crippen molar-refractivity contribution in [2.75, 3.05) is 5.73 Å². The van der Waals surface area contributed by atoms with E-state index in [2.05, 4.69) is 30.7 Å². The number of aromatic nitrogens is 2. The predicted molar refractivity (Wildman–Crippen MR) is 60.2 cm³/mol. The third kappa shape index (κ3) is 1.50. The molecule has 0 fully saturated rings. The molecule has 2 rings (SSSR count). The largest absolute Gasteiger partial charge is 0.317 e. The third-order valence-corrected chi connectivity index (χ3v) is 2.82. The first kappa shape index (κ1) is 10.1. The molecule has 4 heteroatoms. The Labute approximate surface area is 89.9 Å². The van der Waals surface area contributed by atoms with Gasteiger partial charge in [0.05, 0.1) is 13.0 Å². The summed E-state index contributed by atoms with van der Waals surface area (Å²) < 4.78 is 1.79. The van der Waals surface area contributed by atoms with E-state index in [1.807, 2.05) is 13.3 Å². The van der Waals surface area contributed by atoms with E-state index in [1.165, 1.54) is 0 Å². The average molecular weight is 205 g/mol. The summed E-state index contributed by atoms with van der Waals surface area (Å²) in [6, 6.07) is 0. The number of nitrogens with zero attached hydrogens (tertiary/aromatic N) is 3. The molecular weight excluding hydrogens is 188 g/mol. The second kappa shape index (κ2) is 3.02. The quantitative estimate of drug-likeness (QED) is 0.650. The molecule has 0 saturated heterocycles. The first-order valence-electron chi connectivity index (χ1n) is 5.09. The molecule has 1 aromatic heterocycles. The first-order chi connectivity index (χ1) is 6.91. The molecule has 1 aromatic rings. The van der Waals surface area contributed by atoms with Crippen molar-refractivity contribution in [2.45, 2.75) is 26.7 Å². The van der Waals surface area contributed by atoms with Gasteiger partial charge in [0.2, 0.25) is 12.1 Å². The molecule has 0 saturated carbocycles. The molecule has 2 heterocycles. The van der Waals surface area contributed by atoms with Crippen molar-refractivity contribution < 1.29 is 4.57 Å². The number of nitrogen functional groups attached to an aromatic ring is 1. The lowest BCUT2D eigenvalue weighted by Gasteiger charge is -2.22. The van der Waals surface area contributed by atoms with E-state index < -0.39 is 0 Å². The predicted octanol–water partition coefficient (Wildman–Crippen LogP) is 1.33. The van der Waals surface area contributed by atoms with Crippen LogP contribution in [-0.2, 0) is 7.05 Å². The monoisotopic (exact) mass is 205 g/mol. The summed E-state index contributed by atoms with van der Waals surface area (Å²) in [5.74, 6) is 0.944. The van der Waals surface area contributed by atoms with Crippen LogP contribution in [0.4, 0.5) is 11.5 Å². The van der Waals surface area contributed by atoms with Gasteiger partial charge in [-0.2, -0.15) is 0 Å². The van der Waals surface area contributed by atoms with Crippen molar-refractivity contribution in [3.8, 4) is 0 Å². The molecule has 1 unspecified atom stereocenters. The highest BCUT2D eigenvalue weighted by atomic mass is 15.1. The van der Waals surface area contributed by atoms with E-state index in [-0.39, 0.29) is 11.3 Å². The number of fused-ring (bicyclic) bond motifs is 1. The van der Waals surface area contributed by atoms with Crippen LogP contribution in [0.5, 0.6) is 0 Å². The van der Waals surface area contributed by atoms with E-state index in [0.717, 1.165) is 11.4 Å². The van der Waals surface area contributed by atoms with E-state index in [1.54, 1.807) is 10.9 Å². The molecule has 0 amide bonds. The van der Waals surface area contributed by atoms with Gasteiger partial charge in [0, 0.05) is 6.21 Å². The Morgan fingerprint density at radius 2 is 2.07 bits per heavy atom. The zero-order valence-corrected chi connectivity index (χ0v) is 9.65. The van der Waals surface area contributed by atoms with Crippen LogP contribution >= 0.6 is 0 Å². The van der Waals surface area contributed by atoms with Crippen LogP contribution in [0.1, 0.15) is 32.4 Å². The molecule has 0 bridgehead atoms. The highest BCUT2D eigenvalue weighted by molar-refractivity contribution is 5.83. The second-order valence-corrected chi connectivity index (χ2v) is 5.10. The Bertz CT molecular complexity index is 429. The maximum Gasteiger partial charge on any atom is 0.248 e. The fourth-order valence-electron chi connectivity index (χ4n) is 1.78. The summed E-state index contributed by atoms with van der Waals surface area (Å²) in [6.07, 6.45) is 3.70. The molecule has 1 atom stereocenters. The van der Waals surface area contributed by atoms with Crippen LogP contribution in [0.15, 0.2) is 11.3 Å². The minimum absolute atomic E-state index is 0.133.